The number of methoxy groups -OCH3 is 1. The van der Waals surface area contributed by atoms with E-state index in [9.17, 15) is 14.9 Å². The summed E-state index contributed by atoms with van der Waals surface area (Å²) in [5.74, 6) is 0.148. The number of nitrogens with one attached hydrogen (secondary N) is 2. The molecule has 2 N–H and O–H groups in total. The fourth-order valence-electron chi connectivity index (χ4n) is 3.48. The van der Waals surface area contributed by atoms with E-state index >= 15 is 0 Å². The zero-order valence-electron chi connectivity index (χ0n) is 19.6. The van der Waals surface area contributed by atoms with Gasteiger partial charge in [-0.15, -0.1) is 23.1 Å². The molecule has 0 fully saturated rings. The standard InChI is InChI=1S/C28H23N3O3S2/c1-18(26(32)31-28-24(16-29)25(17-35-28)19-8-4-3-5-9-19)36-23-13-7-11-21(15-23)30-27(33)20-10-6-12-22(14-20)34-2/h3-15,17-18H,1-2H3,(H,30,33)(H,31,32). The summed E-state index contributed by atoms with van der Waals surface area (Å²) in [5, 5.41) is 17.5. The molecule has 0 aliphatic rings. The van der Waals surface area contributed by atoms with Crippen molar-refractivity contribution in [2.45, 2.75) is 17.1 Å². The van der Waals surface area contributed by atoms with E-state index in [0.29, 0.717) is 27.6 Å². The third-order valence-corrected chi connectivity index (χ3v) is 7.32. The van der Waals surface area contributed by atoms with Gasteiger partial charge in [0.15, 0.2) is 0 Å². The van der Waals surface area contributed by atoms with Crippen LogP contribution in [0, 0.1) is 11.3 Å². The number of ether oxygens (including phenoxy) is 1. The molecule has 0 radical (unpaired) electrons. The monoisotopic (exact) mass is 513 g/mol. The lowest BCUT2D eigenvalue weighted by atomic mass is 10.1. The zero-order valence-corrected chi connectivity index (χ0v) is 21.3. The zero-order chi connectivity index (χ0) is 25.5. The average molecular weight is 514 g/mol. The number of rotatable bonds is 8. The smallest absolute Gasteiger partial charge is 0.255 e. The third-order valence-electron chi connectivity index (χ3n) is 5.33. The lowest BCUT2D eigenvalue weighted by molar-refractivity contribution is -0.115. The molecule has 0 saturated heterocycles. The van der Waals surface area contributed by atoms with Crippen LogP contribution in [0.5, 0.6) is 5.75 Å². The van der Waals surface area contributed by atoms with Gasteiger partial charge in [0.05, 0.1) is 17.9 Å². The SMILES string of the molecule is COc1cccc(C(=O)Nc2cccc(SC(C)C(=O)Nc3scc(-c4ccccc4)c3C#N)c2)c1. The maximum absolute atomic E-state index is 12.9. The molecule has 0 aliphatic heterocycles. The summed E-state index contributed by atoms with van der Waals surface area (Å²) in [6.45, 7) is 1.80. The minimum absolute atomic E-state index is 0.205. The van der Waals surface area contributed by atoms with Gasteiger partial charge < -0.3 is 15.4 Å². The van der Waals surface area contributed by atoms with Crippen molar-refractivity contribution < 1.29 is 14.3 Å². The predicted octanol–water partition coefficient (Wildman–Crippen LogP) is 6.67. The Kier molecular flexibility index (Phi) is 8.06. The molecule has 4 aromatic rings. The normalized spacial score (nSPS) is 11.2. The number of amides is 2. The van der Waals surface area contributed by atoms with E-state index in [1.165, 1.54) is 23.1 Å². The quantitative estimate of drug-likeness (QED) is 0.257. The Morgan fingerprint density at radius 2 is 1.78 bits per heavy atom. The van der Waals surface area contributed by atoms with Crippen molar-refractivity contribution in [3.63, 3.8) is 0 Å². The number of carbonyl (C=O) groups excluding carboxylic acids is 2. The molecule has 1 unspecified atom stereocenters. The minimum Gasteiger partial charge on any atom is -0.497 e. The number of thioether (sulfide) groups is 1. The van der Waals surface area contributed by atoms with Gasteiger partial charge in [0.25, 0.3) is 5.91 Å². The third kappa shape index (κ3) is 5.95. The second kappa shape index (κ2) is 11.6. The minimum atomic E-state index is -0.428. The summed E-state index contributed by atoms with van der Waals surface area (Å²) in [4.78, 5) is 26.4. The number of hydrogen-bond donors (Lipinski definition) is 2. The van der Waals surface area contributed by atoms with E-state index < -0.39 is 5.25 Å². The van der Waals surface area contributed by atoms with Gasteiger partial charge in [-0.3, -0.25) is 9.59 Å². The molecule has 0 aliphatic carbocycles. The van der Waals surface area contributed by atoms with E-state index in [1.54, 1.807) is 44.4 Å². The molecule has 0 bridgehead atoms. The Labute approximate surface area is 217 Å². The van der Waals surface area contributed by atoms with Crippen LogP contribution in [0.15, 0.2) is 89.1 Å². The van der Waals surface area contributed by atoms with Crippen molar-refractivity contribution in [2.75, 3.05) is 17.7 Å². The van der Waals surface area contributed by atoms with Gasteiger partial charge in [-0.2, -0.15) is 5.26 Å². The second-order valence-electron chi connectivity index (χ2n) is 7.79. The number of thiophene rings is 1. The number of benzene rings is 3. The first kappa shape index (κ1) is 25.0. The van der Waals surface area contributed by atoms with Crippen molar-refractivity contribution >= 4 is 45.6 Å². The van der Waals surface area contributed by atoms with E-state index in [0.717, 1.165) is 16.0 Å². The predicted molar refractivity (Wildman–Crippen MR) is 146 cm³/mol. The van der Waals surface area contributed by atoms with E-state index in [4.69, 9.17) is 4.74 Å². The average Bonchev–Trinajstić information content (AvgIpc) is 3.31. The van der Waals surface area contributed by atoms with Crippen LogP contribution in [-0.2, 0) is 4.79 Å². The molecular formula is C28H23N3O3S2. The van der Waals surface area contributed by atoms with Crippen molar-refractivity contribution in [2.24, 2.45) is 0 Å². The number of carbonyl (C=O) groups is 2. The van der Waals surface area contributed by atoms with Gasteiger partial charge in [-0.05, 0) is 48.9 Å². The lowest BCUT2D eigenvalue weighted by Gasteiger charge is -2.13. The van der Waals surface area contributed by atoms with Crippen molar-refractivity contribution in [3.05, 3.63) is 95.4 Å². The molecule has 1 heterocycles. The maximum atomic E-state index is 12.9. The molecule has 180 valence electrons. The Balaban J connectivity index is 1.41. The van der Waals surface area contributed by atoms with Crippen LogP contribution in [0.2, 0.25) is 0 Å². The maximum Gasteiger partial charge on any atom is 0.255 e. The summed E-state index contributed by atoms with van der Waals surface area (Å²) in [6, 6.07) is 26.1. The van der Waals surface area contributed by atoms with Gasteiger partial charge in [0.2, 0.25) is 5.91 Å². The summed E-state index contributed by atoms with van der Waals surface area (Å²) in [7, 11) is 1.55. The van der Waals surface area contributed by atoms with Crippen molar-refractivity contribution in [3.8, 4) is 22.9 Å². The van der Waals surface area contributed by atoms with Crippen LogP contribution < -0.4 is 15.4 Å². The number of nitriles is 1. The number of hydrogen-bond acceptors (Lipinski definition) is 6. The van der Waals surface area contributed by atoms with Crippen molar-refractivity contribution in [1.82, 2.24) is 0 Å². The molecule has 0 saturated carbocycles. The largest absolute Gasteiger partial charge is 0.497 e. The Morgan fingerprint density at radius 3 is 2.53 bits per heavy atom. The van der Waals surface area contributed by atoms with Crippen LogP contribution in [-0.4, -0.2) is 24.2 Å². The molecule has 36 heavy (non-hydrogen) atoms. The molecule has 0 spiro atoms. The molecule has 3 aromatic carbocycles. The summed E-state index contributed by atoms with van der Waals surface area (Å²) >= 11 is 2.71. The molecule has 4 rings (SSSR count). The van der Waals surface area contributed by atoms with Crippen LogP contribution in [0.1, 0.15) is 22.8 Å². The molecule has 2 amide bonds. The second-order valence-corrected chi connectivity index (χ2v) is 10.1. The topological polar surface area (TPSA) is 91.2 Å². The Morgan fingerprint density at radius 1 is 1.00 bits per heavy atom. The Hall–Kier alpha value is -4.06. The van der Waals surface area contributed by atoms with Gasteiger partial charge >= 0.3 is 0 Å². The number of nitrogens with zero attached hydrogens (tertiary/aromatic N) is 1. The van der Waals surface area contributed by atoms with E-state index in [-0.39, 0.29) is 11.8 Å². The van der Waals surface area contributed by atoms with Crippen LogP contribution in [0.3, 0.4) is 0 Å². The lowest BCUT2D eigenvalue weighted by Crippen LogP contribution is -2.22. The Bertz CT molecular complexity index is 1430. The molecule has 1 aromatic heterocycles. The van der Waals surface area contributed by atoms with Crippen LogP contribution in [0.4, 0.5) is 10.7 Å². The number of anilines is 2. The van der Waals surface area contributed by atoms with Gasteiger partial charge in [-0.1, -0.05) is 42.5 Å². The van der Waals surface area contributed by atoms with Gasteiger partial charge in [-0.25, -0.2) is 0 Å². The summed E-state index contributed by atoms with van der Waals surface area (Å²) in [6.07, 6.45) is 0. The highest BCUT2D eigenvalue weighted by Crippen LogP contribution is 2.35. The van der Waals surface area contributed by atoms with Gasteiger partial charge in [0, 0.05) is 27.1 Å². The summed E-state index contributed by atoms with van der Waals surface area (Å²) < 4.78 is 5.18. The first-order chi connectivity index (χ1) is 17.5. The first-order valence-corrected chi connectivity index (χ1v) is 12.8. The van der Waals surface area contributed by atoms with Crippen LogP contribution >= 0.6 is 23.1 Å². The highest BCUT2D eigenvalue weighted by atomic mass is 32.2. The molecule has 1 atom stereocenters. The van der Waals surface area contributed by atoms with E-state index in [2.05, 4.69) is 16.7 Å². The van der Waals surface area contributed by atoms with Crippen LogP contribution in [0.25, 0.3) is 11.1 Å². The molecule has 6 nitrogen and oxygen atoms in total. The van der Waals surface area contributed by atoms with E-state index in [1.807, 2.05) is 53.9 Å². The molecule has 8 heteroatoms. The first-order valence-electron chi connectivity index (χ1n) is 11.1. The highest BCUT2D eigenvalue weighted by Gasteiger charge is 2.20. The van der Waals surface area contributed by atoms with Gasteiger partial charge in [0.1, 0.15) is 16.8 Å². The molecular weight excluding hydrogens is 490 g/mol. The summed E-state index contributed by atoms with van der Waals surface area (Å²) in [5.41, 5.74) is 3.30. The fourth-order valence-corrected chi connectivity index (χ4v) is 5.33. The fraction of sp³-hybridized carbons (Fsp3) is 0.107. The van der Waals surface area contributed by atoms with Crippen molar-refractivity contribution in [1.29, 1.82) is 5.26 Å². The highest BCUT2D eigenvalue weighted by molar-refractivity contribution is 8.00.